The molecular weight excluding hydrogens is 416 g/mol. The molecule has 2 heterocycles. The highest BCUT2D eigenvalue weighted by Crippen LogP contribution is 2.36. The van der Waals surface area contributed by atoms with E-state index >= 15 is 0 Å². The number of nitrogens with one attached hydrogen (secondary N) is 1. The van der Waals surface area contributed by atoms with Gasteiger partial charge in [0.25, 0.3) is 0 Å². The standard InChI is InChI=1S/C25H22N6O2/c32-31(33)23-24(28-30(21-11-3-1-4-12-21)22-13-5-2-6-14-22)26-18-27-25(23)29-16-15-19-9-7-8-10-20(19)17-29/h1-14,18H,15-17H2,(H,26,27,28). The summed E-state index contributed by atoms with van der Waals surface area (Å²) in [6.07, 6.45) is 2.18. The minimum Gasteiger partial charge on any atom is -0.346 e. The van der Waals surface area contributed by atoms with Crippen molar-refractivity contribution in [3.63, 3.8) is 0 Å². The highest BCUT2D eigenvalue weighted by atomic mass is 16.6. The lowest BCUT2D eigenvalue weighted by Crippen LogP contribution is -2.32. The summed E-state index contributed by atoms with van der Waals surface area (Å²) in [5.74, 6) is 0.449. The van der Waals surface area contributed by atoms with Crippen molar-refractivity contribution in [1.29, 1.82) is 0 Å². The number of fused-ring (bicyclic) bond motifs is 1. The zero-order valence-electron chi connectivity index (χ0n) is 17.8. The molecule has 164 valence electrons. The van der Waals surface area contributed by atoms with Gasteiger partial charge >= 0.3 is 5.69 Å². The minimum absolute atomic E-state index is 0.136. The fourth-order valence-corrected chi connectivity index (χ4v) is 4.07. The monoisotopic (exact) mass is 438 g/mol. The van der Waals surface area contributed by atoms with Crippen LogP contribution in [0.5, 0.6) is 0 Å². The van der Waals surface area contributed by atoms with E-state index in [4.69, 9.17) is 0 Å². The van der Waals surface area contributed by atoms with E-state index in [9.17, 15) is 10.1 Å². The van der Waals surface area contributed by atoms with Gasteiger partial charge in [-0.2, -0.15) is 0 Å². The molecule has 1 aliphatic heterocycles. The fourth-order valence-electron chi connectivity index (χ4n) is 4.07. The maximum atomic E-state index is 12.2. The third-order valence-electron chi connectivity index (χ3n) is 5.66. The largest absolute Gasteiger partial charge is 0.355 e. The molecule has 1 N–H and O–H groups in total. The number of hydrogen-bond acceptors (Lipinski definition) is 7. The summed E-state index contributed by atoms with van der Waals surface area (Å²) in [4.78, 5) is 22.3. The molecule has 0 bridgehead atoms. The third-order valence-corrected chi connectivity index (χ3v) is 5.66. The number of nitrogens with zero attached hydrogens (tertiary/aromatic N) is 5. The third kappa shape index (κ3) is 4.18. The lowest BCUT2D eigenvalue weighted by molar-refractivity contribution is -0.383. The van der Waals surface area contributed by atoms with E-state index in [-0.39, 0.29) is 11.5 Å². The van der Waals surface area contributed by atoms with E-state index in [1.807, 2.05) is 77.7 Å². The van der Waals surface area contributed by atoms with Crippen LogP contribution >= 0.6 is 0 Å². The van der Waals surface area contributed by atoms with Crippen LogP contribution in [0.2, 0.25) is 0 Å². The molecule has 0 unspecified atom stereocenters. The lowest BCUT2D eigenvalue weighted by Gasteiger charge is -2.30. The average Bonchev–Trinajstić information content (AvgIpc) is 2.87. The van der Waals surface area contributed by atoms with Crippen molar-refractivity contribution in [1.82, 2.24) is 9.97 Å². The van der Waals surface area contributed by atoms with Crippen molar-refractivity contribution in [3.8, 4) is 0 Å². The molecule has 0 saturated heterocycles. The number of rotatable bonds is 6. The maximum absolute atomic E-state index is 12.2. The van der Waals surface area contributed by atoms with Gasteiger partial charge in [0.05, 0.1) is 16.3 Å². The van der Waals surface area contributed by atoms with Gasteiger partial charge in [0.15, 0.2) is 0 Å². The van der Waals surface area contributed by atoms with Gasteiger partial charge in [-0.05, 0) is 41.8 Å². The van der Waals surface area contributed by atoms with Gasteiger partial charge in [-0.15, -0.1) is 0 Å². The molecule has 0 amide bonds. The Bertz CT molecular complexity index is 1230. The Morgan fingerprint density at radius 3 is 2.09 bits per heavy atom. The average molecular weight is 438 g/mol. The highest BCUT2D eigenvalue weighted by Gasteiger charge is 2.30. The Morgan fingerprint density at radius 2 is 1.45 bits per heavy atom. The van der Waals surface area contributed by atoms with Crippen molar-refractivity contribution >= 4 is 28.7 Å². The summed E-state index contributed by atoms with van der Waals surface area (Å²) >= 11 is 0. The number of hydrazine groups is 1. The van der Waals surface area contributed by atoms with E-state index in [2.05, 4.69) is 27.5 Å². The quantitative estimate of drug-likeness (QED) is 0.330. The Kier molecular flexibility index (Phi) is 5.55. The summed E-state index contributed by atoms with van der Waals surface area (Å²) in [5, 5.41) is 14.0. The SMILES string of the molecule is O=[N+]([O-])c1c(NN(c2ccccc2)c2ccccc2)ncnc1N1CCc2ccccc2C1. The Balaban J connectivity index is 1.54. The zero-order chi connectivity index (χ0) is 22.6. The van der Waals surface area contributed by atoms with Crippen molar-refractivity contribution in [2.45, 2.75) is 13.0 Å². The lowest BCUT2D eigenvalue weighted by atomic mass is 10.00. The van der Waals surface area contributed by atoms with Gasteiger partial charge in [-0.25, -0.2) is 9.97 Å². The molecule has 1 aliphatic rings. The van der Waals surface area contributed by atoms with Crippen LogP contribution in [0.25, 0.3) is 0 Å². The fraction of sp³-hybridized carbons (Fsp3) is 0.120. The molecule has 5 rings (SSSR count). The second-order valence-electron chi connectivity index (χ2n) is 7.71. The van der Waals surface area contributed by atoms with Crippen molar-refractivity contribution < 1.29 is 4.92 Å². The summed E-state index contributed by atoms with van der Waals surface area (Å²) in [7, 11) is 0. The first-order valence-electron chi connectivity index (χ1n) is 10.7. The predicted octanol–water partition coefficient (Wildman–Crippen LogP) is 5.11. The minimum atomic E-state index is -0.410. The van der Waals surface area contributed by atoms with Gasteiger partial charge < -0.3 is 4.90 Å². The molecule has 0 spiro atoms. The Hall–Kier alpha value is -4.46. The molecule has 0 saturated carbocycles. The highest BCUT2D eigenvalue weighted by molar-refractivity contribution is 5.75. The van der Waals surface area contributed by atoms with Gasteiger partial charge in [0.2, 0.25) is 11.6 Å². The van der Waals surface area contributed by atoms with Crippen molar-refractivity contribution in [3.05, 3.63) is 112 Å². The van der Waals surface area contributed by atoms with Crippen LogP contribution in [0.1, 0.15) is 11.1 Å². The number of aromatic nitrogens is 2. The molecular formula is C25H22N6O2. The topological polar surface area (TPSA) is 87.4 Å². The van der Waals surface area contributed by atoms with Crippen LogP contribution < -0.4 is 15.3 Å². The van der Waals surface area contributed by atoms with Crippen LogP contribution in [-0.2, 0) is 13.0 Å². The first-order chi connectivity index (χ1) is 16.2. The Labute approximate surface area is 191 Å². The van der Waals surface area contributed by atoms with Crippen LogP contribution in [0.4, 0.5) is 28.7 Å². The number of anilines is 4. The Morgan fingerprint density at radius 1 is 0.848 bits per heavy atom. The van der Waals surface area contributed by atoms with Crippen LogP contribution in [0, 0.1) is 10.1 Å². The number of para-hydroxylation sites is 2. The normalized spacial score (nSPS) is 12.7. The molecule has 8 nitrogen and oxygen atoms in total. The molecule has 0 fully saturated rings. The zero-order valence-corrected chi connectivity index (χ0v) is 17.8. The first-order valence-corrected chi connectivity index (χ1v) is 10.7. The van der Waals surface area contributed by atoms with E-state index < -0.39 is 4.92 Å². The molecule has 33 heavy (non-hydrogen) atoms. The van der Waals surface area contributed by atoms with E-state index in [0.29, 0.717) is 18.9 Å². The second-order valence-corrected chi connectivity index (χ2v) is 7.71. The summed E-state index contributed by atoms with van der Waals surface area (Å²) in [6, 6.07) is 27.4. The van der Waals surface area contributed by atoms with Crippen LogP contribution in [-0.4, -0.2) is 21.4 Å². The molecule has 1 aromatic heterocycles. The number of benzene rings is 3. The summed E-state index contributed by atoms with van der Waals surface area (Å²) < 4.78 is 0. The predicted molar refractivity (Wildman–Crippen MR) is 129 cm³/mol. The second kappa shape index (κ2) is 8.96. The molecule has 0 radical (unpaired) electrons. The summed E-state index contributed by atoms with van der Waals surface area (Å²) in [5.41, 5.74) is 7.10. The molecule has 0 aliphatic carbocycles. The first kappa shape index (κ1) is 20.4. The van der Waals surface area contributed by atoms with Gasteiger partial charge in [-0.1, -0.05) is 60.7 Å². The van der Waals surface area contributed by atoms with E-state index in [1.54, 1.807) is 5.01 Å². The molecule has 3 aromatic carbocycles. The van der Waals surface area contributed by atoms with Crippen molar-refractivity contribution in [2.75, 3.05) is 21.9 Å². The van der Waals surface area contributed by atoms with Crippen LogP contribution in [0.15, 0.2) is 91.3 Å². The molecule has 8 heteroatoms. The maximum Gasteiger partial charge on any atom is 0.355 e. The van der Waals surface area contributed by atoms with Gasteiger partial charge in [-0.3, -0.25) is 20.5 Å². The smallest absolute Gasteiger partial charge is 0.346 e. The van der Waals surface area contributed by atoms with E-state index in [0.717, 1.165) is 23.4 Å². The van der Waals surface area contributed by atoms with Crippen molar-refractivity contribution in [2.24, 2.45) is 0 Å². The van der Waals surface area contributed by atoms with Crippen LogP contribution in [0.3, 0.4) is 0 Å². The molecule has 4 aromatic rings. The van der Waals surface area contributed by atoms with Gasteiger partial charge in [0.1, 0.15) is 6.33 Å². The van der Waals surface area contributed by atoms with Gasteiger partial charge in [0, 0.05) is 13.1 Å². The number of hydrogen-bond donors (Lipinski definition) is 1. The summed E-state index contributed by atoms with van der Waals surface area (Å²) in [6.45, 7) is 1.21. The van der Waals surface area contributed by atoms with E-state index in [1.165, 1.54) is 11.9 Å². The molecule has 0 atom stereocenters. The number of nitro groups is 1.